The van der Waals surface area contributed by atoms with Crippen LogP contribution in [0.5, 0.6) is 0 Å². The standard InChI is InChI=1S/C36H55N7O25/c1-35(2,3)34(65)40-36(16-66-13-22(44)37-4-19(31(59)60)41(7-25(47)48)8-26(49)50,17-67-14-23(45)38-5-20(32(61)62)42(9-27(51)52)10-28(53)54)18-68-15-24(46)39-6-21(33(63)64)43(11-29(55)56)12-30(57)58/h19-21H,4-18H2,1-3H3,(H,37,44)(H,38,45)(H,39,46)(H,40,65)(H,47,48)(H,49,50)(H,51,52)(H,53,54)(H,55,56)(H,57,58)(H,59,60)(H,61,62)(H,63,64). The van der Waals surface area contributed by atoms with Crippen LogP contribution in [0.2, 0.25) is 0 Å². The Morgan fingerprint density at radius 3 is 0.809 bits per heavy atom. The Balaban J connectivity index is 6.55. The maximum atomic E-state index is 13.4. The van der Waals surface area contributed by atoms with E-state index in [1.165, 1.54) is 20.8 Å². The number of nitrogens with zero attached hydrogens (tertiary/aromatic N) is 3. The Morgan fingerprint density at radius 1 is 0.412 bits per heavy atom. The van der Waals surface area contributed by atoms with Crippen LogP contribution in [-0.4, -0.2) is 260 Å². The van der Waals surface area contributed by atoms with Gasteiger partial charge in [-0.25, -0.2) is 0 Å². The second-order valence-electron chi connectivity index (χ2n) is 15.5. The molecule has 3 unspecified atom stereocenters. The van der Waals surface area contributed by atoms with Crippen molar-refractivity contribution in [1.29, 1.82) is 0 Å². The Kier molecular flexibility index (Phi) is 26.4. The van der Waals surface area contributed by atoms with Gasteiger partial charge in [0.2, 0.25) is 23.6 Å². The smallest absolute Gasteiger partial charge is 0.322 e. The van der Waals surface area contributed by atoms with Gasteiger partial charge in [0.05, 0.1) is 59.1 Å². The van der Waals surface area contributed by atoms with Crippen molar-refractivity contribution < 1.29 is 122 Å². The molecule has 0 radical (unpaired) electrons. The third kappa shape index (κ3) is 25.5. The molecule has 0 saturated heterocycles. The summed E-state index contributed by atoms with van der Waals surface area (Å²) in [5.41, 5.74) is -3.25. The largest absolute Gasteiger partial charge is 0.480 e. The van der Waals surface area contributed by atoms with Crippen molar-refractivity contribution in [3.63, 3.8) is 0 Å². The number of ether oxygens (including phenoxy) is 3. The topological polar surface area (TPSA) is 490 Å². The third-order valence-corrected chi connectivity index (χ3v) is 8.58. The van der Waals surface area contributed by atoms with E-state index in [1.54, 1.807) is 0 Å². The summed E-state index contributed by atoms with van der Waals surface area (Å²) in [5, 5.41) is 92.6. The molecule has 0 fully saturated rings. The molecule has 0 aromatic heterocycles. The molecule has 0 bridgehead atoms. The second kappa shape index (κ2) is 29.5. The van der Waals surface area contributed by atoms with Crippen molar-refractivity contribution in [2.45, 2.75) is 44.4 Å². The Morgan fingerprint density at radius 2 is 0.632 bits per heavy atom. The first-order chi connectivity index (χ1) is 31.4. The van der Waals surface area contributed by atoms with Crippen LogP contribution < -0.4 is 21.3 Å². The van der Waals surface area contributed by atoms with E-state index in [0.29, 0.717) is 14.7 Å². The van der Waals surface area contributed by atoms with Crippen LogP contribution in [0.15, 0.2) is 0 Å². The minimum atomic E-state index is -2.03. The highest BCUT2D eigenvalue weighted by Gasteiger charge is 2.38. The molecule has 32 nitrogen and oxygen atoms in total. The maximum Gasteiger partial charge on any atom is 0.322 e. The van der Waals surface area contributed by atoms with Crippen LogP contribution in [0.25, 0.3) is 0 Å². The number of rotatable bonds is 37. The summed E-state index contributed by atoms with van der Waals surface area (Å²) in [6.45, 7) is -9.92. The lowest BCUT2D eigenvalue weighted by molar-refractivity contribution is -0.152. The second-order valence-corrected chi connectivity index (χ2v) is 15.5. The predicted octanol–water partition coefficient (Wildman–Crippen LogP) is -6.94. The summed E-state index contributed by atoms with van der Waals surface area (Å²) in [4.78, 5) is 157. The molecule has 13 N–H and O–H groups in total. The summed E-state index contributed by atoms with van der Waals surface area (Å²) in [7, 11) is 0. The summed E-state index contributed by atoms with van der Waals surface area (Å²) >= 11 is 0. The van der Waals surface area contributed by atoms with E-state index in [0.717, 1.165) is 0 Å². The van der Waals surface area contributed by atoms with Gasteiger partial charge < -0.3 is 81.4 Å². The van der Waals surface area contributed by atoms with Gasteiger partial charge in [0.15, 0.2) is 0 Å². The van der Waals surface area contributed by atoms with Gasteiger partial charge in [-0.15, -0.1) is 0 Å². The van der Waals surface area contributed by atoms with Crippen LogP contribution in [0, 0.1) is 5.41 Å². The molecule has 0 aliphatic heterocycles. The van der Waals surface area contributed by atoms with Gasteiger partial charge >= 0.3 is 53.7 Å². The highest BCUT2D eigenvalue weighted by molar-refractivity contribution is 5.84. The molecule has 32 heteroatoms. The zero-order valence-electron chi connectivity index (χ0n) is 36.7. The molecular formula is C36H55N7O25. The van der Waals surface area contributed by atoms with Gasteiger partial charge in [-0.1, -0.05) is 20.8 Å². The first-order valence-electron chi connectivity index (χ1n) is 19.5. The number of carboxylic acids is 9. The summed E-state index contributed by atoms with van der Waals surface area (Å²) < 4.78 is 16.5. The van der Waals surface area contributed by atoms with Gasteiger partial charge in [-0.05, 0) is 0 Å². The number of carboxylic acid groups (broad SMARTS) is 9. The van der Waals surface area contributed by atoms with Crippen LogP contribution in [-0.2, 0) is 76.5 Å². The molecule has 0 rings (SSSR count). The molecule has 0 heterocycles. The van der Waals surface area contributed by atoms with Gasteiger partial charge in [-0.2, -0.15) is 0 Å². The van der Waals surface area contributed by atoms with Crippen molar-refractivity contribution in [2.75, 3.05) is 98.5 Å². The molecule has 384 valence electrons. The number of nitrogens with one attached hydrogen (secondary N) is 4. The summed E-state index contributed by atoms with van der Waals surface area (Å²) in [5.74, 6) is -18.7. The van der Waals surface area contributed by atoms with Gasteiger partial charge in [0.1, 0.15) is 43.5 Å². The van der Waals surface area contributed by atoms with Gasteiger partial charge in [0, 0.05) is 25.0 Å². The van der Waals surface area contributed by atoms with Crippen LogP contribution >= 0.6 is 0 Å². The molecule has 0 aliphatic rings. The Labute approximate surface area is 384 Å². The monoisotopic (exact) mass is 985 g/mol. The molecule has 0 aromatic carbocycles. The third-order valence-electron chi connectivity index (χ3n) is 8.58. The lowest BCUT2D eigenvalue weighted by Gasteiger charge is -2.36. The highest BCUT2D eigenvalue weighted by atomic mass is 16.5. The molecule has 4 amide bonds. The summed E-state index contributed by atoms with van der Waals surface area (Å²) in [6.07, 6.45) is 0. The lowest BCUT2D eigenvalue weighted by atomic mass is 9.92. The average Bonchev–Trinajstić information content (AvgIpc) is 3.15. The van der Waals surface area contributed by atoms with Crippen molar-refractivity contribution in [3.8, 4) is 0 Å². The predicted molar refractivity (Wildman–Crippen MR) is 217 cm³/mol. The van der Waals surface area contributed by atoms with Crippen molar-refractivity contribution in [2.24, 2.45) is 5.41 Å². The van der Waals surface area contributed by atoms with E-state index in [9.17, 15) is 77.6 Å². The minimum absolute atomic E-state index is 0.524. The van der Waals surface area contributed by atoms with Crippen LogP contribution in [0.4, 0.5) is 0 Å². The van der Waals surface area contributed by atoms with Crippen molar-refractivity contribution in [3.05, 3.63) is 0 Å². The van der Waals surface area contributed by atoms with Crippen molar-refractivity contribution in [1.82, 2.24) is 36.0 Å². The molecule has 68 heavy (non-hydrogen) atoms. The van der Waals surface area contributed by atoms with E-state index >= 15 is 0 Å². The van der Waals surface area contributed by atoms with Gasteiger partial charge in [0.25, 0.3) is 0 Å². The number of hydrogen-bond donors (Lipinski definition) is 13. The lowest BCUT2D eigenvalue weighted by Crippen LogP contribution is -2.61. The fourth-order valence-electron chi connectivity index (χ4n) is 5.45. The summed E-state index contributed by atoms with van der Waals surface area (Å²) in [6, 6.07) is -5.62. The number of amides is 4. The normalized spacial score (nSPS) is 13.6. The van der Waals surface area contributed by atoms with Crippen LogP contribution in [0.1, 0.15) is 20.8 Å². The highest BCUT2D eigenvalue weighted by Crippen LogP contribution is 2.18. The van der Waals surface area contributed by atoms with Crippen LogP contribution in [0.3, 0.4) is 0 Å². The van der Waals surface area contributed by atoms with E-state index in [1.807, 2.05) is 0 Å². The number of carbonyl (C=O) groups excluding carboxylic acids is 4. The van der Waals surface area contributed by atoms with Crippen molar-refractivity contribution >= 4 is 77.4 Å². The van der Waals surface area contributed by atoms with E-state index in [-0.39, 0.29) is 0 Å². The molecule has 0 saturated carbocycles. The molecule has 0 spiro atoms. The molecule has 3 atom stereocenters. The Bertz CT molecular complexity index is 1620. The Hall–Kier alpha value is -7.13. The fraction of sp³-hybridized carbons (Fsp3) is 0.639. The molecular weight excluding hydrogens is 930 g/mol. The first kappa shape index (κ1) is 60.9. The quantitative estimate of drug-likeness (QED) is 0.0275. The number of carbonyl (C=O) groups is 13. The molecule has 0 aliphatic carbocycles. The molecule has 0 aromatic rings. The van der Waals surface area contributed by atoms with E-state index in [2.05, 4.69) is 21.3 Å². The SMILES string of the molecule is CC(C)(C)C(=O)NC(COCC(=O)NCC(C(=O)O)N(CC(=O)O)CC(=O)O)(COCC(=O)NCC(C(=O)O)N(CC(=O)O)CC(=O)O)COCC(=O)NCC(C(=O)O)N(CC(=O)O)CC(=O)O. The average molecular weight is 986 g/mol. The van der Waals surface area contributed by atoms with E-state index < -0.39 is 205 Å². The minimum Gasteiger partial charge on any atom is -0.480 e. The fourth-order valence-corrected chi connectivity index (χ4v) is 5.45. The number of hydrogen-bond acceptors (Lipinski definition) is 19. The van der Waals surface area contributed by atoms with Gasteiger partial charge in [-0.3, -0.25) is 77.0 Å². The first-order valence-corrected chi connectivity index (χ1v) is 19.5. The maximum absolute atomic E-state index is 13.4. The number of aliphatic carboxylic acids is 9. The zero-order valence-corrected chi connectivity index (χ0v) is 36.7. The zero-order chi connectivity index (χ0) is 52.5. The van der Waals surface area contributed by atoms with E-state index in [4.69, 9.17) is 44.8 Å².